The molecule has 0 aliphatic carbocycles. The van der Waals surface area contributed by atoms with E-state index in [9.17, 15) is 0 Å². The fraction of sp³-hybridized carbons (Fsp3) is 0. The molecule has 3 heteroatoms. The maximum atomic E-state index is 5.19. The average molecular weight is 603 g/mol. The Kier molecular flexibility index (Phi) is 5.48. The lowest BCUT2D eigenvalue weighted by molar-refractivity contribution is 1.18. The largest absolute Gasteiger partial charge is 0.309 e. The van der Waals surface area contributed by atoms with Gasteiger partial charge >= 0.3 is 0 Å². The van der Waals surface area contributed by atoms with Crippen LogP contribution in [0.2, 0.25) is 0 Å². The van der Waals surface area contributed by atoms with Crippen molar-refractivity contribution < 1.29 is 0 Å². The van der Waals surface area contributed by atoms with Gasteiger partial charge in [-0.05, 0) is 47.5 Å². The molecule has 0 amide bonds. The van der Waals surface area contributed by atoms with Crippen LogP contribution in [0.4, 0.5) is 0 Å². The van der Waals surface area contributed by atoms with E-state index in [1.807, 2.05) is 11.3 Å². The van der Waals surface area contributed by atoms with Gasteiger partial charge in [0.05, 0.1) is 22.2 Å². The Morgan fingerprint density at radius 3 is 2.02 bits per heavy atom. The van der Waals surface area contributed by atoms with E-state index in [0.717, 1.165) is 22.5 Å². The van der Waals surface area contributed by atoms with Crippen LogP contribution in [-0.4, -0.2) is 9.55 Å². The Balaban J connectivity index is 1.23. The second kappa shape index (κ2) is 9.87. The first-order valence-corrected chi connectivity index (χ1v) is 16.5. The van der Waals surface area contributed by atoms with Crippen LogP contribution in [0.15, 0.2) is 158 Å². The molecule has 0 atom stereocenters. The van der Waals surface area contributed by atoms with Crippen molar-refractivity contribution in [1.29, 1.82) is 0 Å². The molecule has 0 fully saturated rings. The van der Waals surface area contributed by atoms with E-state index in [4.69, 9.17) is 4.98 Å². The third-order valence-corrected chi connectivity index (χ3v) is 10.6. The SMILES string of the molecule is c1ccc(-c2nc3ccccc3c3c2ccc2c3c3ccccc3n2-c2ccc(-c3cccc4c3sc3ccccc34)cc2)cc1. The maximum Gasteiger partial charge on any atom is 0.0788 e. The van der Waals surface area contributed by atoms with Crippen LogP contribution < -0.4 is 0 Å². The minimum Gasteiger partial charge on any atom is -0.309 e. The number of rotatable bonds is 3. The number of thiophene rings is 1. The van der Waals surface area contributed by atoms with Gasteiger partial charge in [0, 0.05) is 58.4 Å². The Bertz CT molecular complexity index is 2790. The fourth-order valence-corrected chi connectivity index (χ4v) is 8.60. The van der Waals surface area contributed by atoms with Crippen molar-refractivity contribution in [2.75, 3.05) is 0 Å². The first-order valence-electron chi connectivity index (χ1n) is 15.6. The van der Waals surface area contributed by atoms with Gasteiger partial charge in [0.25, 0.3) is 0 Å². The third-order valence-electron chi connectivity index (χ3n) is 9.39. The first kappa shape index (κ1) is 25.5. The van der Waals surface area contributed by atoms with Gasteiger partial charge in [-0.25, -0.2) is 4.98 Å². The number of fused-ring (bicyclic) bond motifs is 10. The Morgan fingerprint density at radius 1 is 0.435 bits per heavy atom. The maximum absolute atomic E-state index is 5.19. The molecule has 0 aliphatic heterocycles. The lowest BCUT2D eigenvalue weighted by Crippen LogP contribution is -1.94. The molecule has 3 heterocycles. The van der Waals surface area contributed by atoms with E-state index < -0.39 is 0 Å². The predicted molar refractivity (Wildman–Crippen MR) is 197 cm³/mol. The van der Waals surface area contributed by atoms with E-state index in [0.29, 0.717) is 0 Å². The second-order valence-electron chi connectivity index (χ2n) is 11.9. The van der Waals surface area contributed by atoms with Crippen molar-refractivity contribution in [3.8, 4) is 28.1 Å². The number of pyridine rings is 1. The van der Waals surface area contributed by atoms with Crippen molar-refractivity contribution in [2.45, 2.75) is 0 Å². The monoisotopic (exact) mass is 602 g/mol. The van der Waals surface area contributed by atoms with Crippen LogP contribution in [0, 0.1) is 0 Å². The highest BCUT2D eigenvalue weighted by Gasteiger charge is 2.19. The van der Waals surface area contributed by atoms with Crippen LogP contribution in [-0.2, 0) is 0 Å². The van der Waals surface area contributed by atoms with E-state index in [2.05, 4.69) is 162 Å². The van der Waals surface area contributed by atoms with Crippen LogP contribution in [0.3, 0.4) is 0 Å². The molecule has 2 nitrogen and oxygen atoms in total. The minimum absolute atomic E-state index is 1.01. The van der Waals surface area contributed by atoms with Crippen molar-refractivity contribution in [3.05, 3.63) is 158 Å². The van der Waals surface area contributed by atoms with Crippen LogP contribution in [0.1, 0.15) is 0 Å². The topological polar surface area (TPSA) is 17.8 Å². The summed E-state index contributed by atoms with van der Waals surface area (Å²) >= 11 is 1.88. The normalized spacial score (nSPS) is 11.9. The zero-order valence-corrected chi connectivity index (χ0v) is 25.6. The van der Waals surface area contributed by atoms with Crippen LogP contribution in [0.25, 0.3) is 91.7 Å². The predicted octanol–water partition coefficient (Wildman–Crippen LogP) is 12.2. The number of para-hydroxylation sites is 2. The molecule has 0 bridgehead atoms. The van der Waals surface area contributed by atoms with Gasteiger partial charge in [-0.2, -0.15) is 0 Å². The fourth-order valence-electron chi connectivity index (χ4n) is 7.36. The standard InChI is InChI=1S/C43H26N2S/c1-2-11-28(12-3-1)42-35-25-26-38-41(40(35)33-14-4-7-18-36(33)44-42)34-15-5-8-19-37(34)45(38)29-23-21-27(22-24-29)30-16-10-17-32-31-13-6-9-20-39(31)46-43(30)32/h1-26H. The van der Waals surface area contributed by atoms with Gasteiger partial charge in [-0.1, -0.05) is 121 Å². The van der Waals surface area contributed by atoms with E-state index in [1.54, 1.807) is 0 Å². The van der Waals surface area contributed by atoms with E-state index in [-0.39, 0.29) is 0 Å². The summed E-state index contributed by atoms with van der Waals surface area (Å²) < 4.78 is 5.09. The molecular weight excluding hydrogens is 577 g/mol. The summed E-state index contributed by atoms with van der Waals surface area (Å²) in [4.78, 5) is 5.19. The lowest BCUT2D eigenvalue weighted by Gasteiger charge is -2.13. The number of aromatic nitrogens is 2. The van der Waals surface area contributed by atoms with Crippen LogP contribution in [0.5, 0.6) is 0 Å². The highest BCUT2D eigenvalue weighted by molar-refractivity contribution is 7.26. The van der Waals surface area contributed by atoms with Crippen molar-refractivity contribution in [1.82, 2.24) is 9.55 Å². The highest BCUT2D eigenvalue weighted by atomic mass is 32.1. The number of hydrogen-bond donors (Lipinski definition) is 0. The average Bonchev–Trinajstić information content (AvgIpc) is 3.68. The molecule has 0 saturated carbocycles. The quantitative estimate of drug-likeness (QED) is 0.184. The van der Waals surface area contributed by atoms with Gasteiger partial charge < -0.3 is 4.57 Å². The number of benzene rings is 7. The molecule has 10 rings (SSSR count). The van der Waals surface area contributed by atoms with Gasteiger partial charge in [0.2, 0.25) is 0 Å². The summed E-state index contributed by atoms with van der Waals surface area (Å²) in [5.74, 6) is 0. The van der Waals surface area contributed by atoms with Crippen LogP contribution >= 0.6 is 11.3 Å². The summed E-state index contributed by atoms with van der Waals surface area (Å²) in [5.41, 5.74) is 9.23. The van der Waals surface area contributed by atoms with E-state index in [1.165, 1.54) is 69.3 Å². The molecule has 0 saturated heterocycles. The zero-order chi connectivity index (χ0) is 30.2. The zero-order valence-electron chi connectivity index (χ0n) is 24.8. The summed E-state index contributed by atoms with van der Waals surface area (Å²) in [6, 6.07) is 57.0. The third kappa shape index (κ3) is 3.67. The number of nitrogens with zero attached hydrogens (tertiary/aromatic N) is 2. The molecule has 0 spiro atoms. The lowest BCUT2D eigenvalue weighted by atomic mass is 9.96. The van der Waals surface area contributed by atoms with Gasteiger partial charge in [-0.15, -0.1) is 11.3 Å². The number of hydrogen-bond acceptors (Lipinski definition) is 2. The molecule has 10 aromatic rings. The van der Waals surface area contributed by atoms with E-state index >= 15 is 0 Å². The first-order chi connectivity index (χ1) is 22.8. The molecule has 0 N–H and O–H groups in total. The molecule has 46 heavy (non-hydrogen) atoms. The Morgan fingerprint density at radius 2 is 1.15 bits per heavy atom. The van der Waals surface area contributed by atoms with Gasteiger partial charge in [0.1, 0.15) is 0 Å². The van der Waals surface area contributed by atoms with Gasteiger partial charge in [0.15, 0.2) is 0 Å². The van der Waals surface area contributed by atoms with Crippen molar-refractivity contribution in [2.24, 2.45) is 0 Å². The summed E-state index contributed by atoms with van der Waals surface area (Å²) in [7, 11) is 0. The van der Waals surface area contributed by atoms with Gasteiger partial charge in [-0.3, -0.25) is 0 Å². The molecule has 0 radical (unpaired) electrons. The van der Waals surface area contributed by atoms with Crippen molar-refractivity contribution in [3.63, 3.8) is 0 Å². The molecular formula is C43H26N2S. The molecule has 214 valence electrons. The molecule has 0 unspecified atom stereocenters. The highest BCUT2D eigenvalue weighted by Crippen LogP contribution is 2.43. The molecule has 0 aliphatic rings. The summed E-state index contributed by atoms with van der Waals surface area (Å²) in [6.07, 6.45) is 0. The smallest absolute Gasteiger partial charge is 0.0788 e. The molecule has 3 aromatic heterocycles. The summed E-state index contributed by atoms with van der Waals surface area (Å²) in [6.45, 7) is 0. The minimum atomic E-state index is 1.01. The molecule has 7 aromatic carbocycles. The summed E-state index contributed by atoms with van der Waals surface area (Å²) in [5, 5.41) is 8.78. The Labute approximate surface area is 269 Å². The van der Waals surface area contributed by atoms with Crippen molar-refractivity contribution >= 4 is 75.0 Å². The Hall–Kier alpha value is -5.77. The second-order valence-corrected chi connectivity index (χ2v) is 13.0.